The Labute approximate surface area is 152 Å². The third-order valence-electron chi connectivity index (χ3n) is 3.86. The minimum Gasteiger partial charge on any atom is -0.496 e. The molecule has 5 nitrogen and oxygen atoms in total. The van der Waals surface area contributed by atoms with Crippen LogP contribution in [-0.4, -0.2) is 33.8 Å². The Morgan fingerprint density at radius 2 is 1.58 bits per heavy atom. The van der Waals surface area contributed by atoms with E-state index in [0.717, 1.165) is 0 Å². The Bertz CT molecular complexity index is 787. The molecule has 0 heterocycles. The topological polar surface area (TPSA) is 48.0 Å². The molecule has 0 aliphatic rings. The summed E-state index contributed by atoms with van der Waals surface area (Å²) in [6.45, 7) is 2.31. The Balaban J connectivity index is 2.29. The molecular formula is C20H22FNO4. The molecule has 6 heteroatoms. The van der Waals surface area contributed by atoms with Crippen molar-refractivity contribution in [1.29, 1.82) is 0 Å². The molecule has 0 aliphatic heterocycles. The van der Waals surface area contributed by atoms with Crippen molar-refractivity contribution in [3.05, 3.63) is 53.9 Å². The number of nitrogens with zero attached hydrogens (tertiary/aromatic N) is 1. The number of hydrogen-bond acceptors (Lipinski definition) is 4. The van der Waals surface area contributed by atoms with Crippen LogP contribution in [-0.2, 0) is 4.79 Å². The van der Waals surface area contributed by atoms with Gasteiger partial charge in [-0.3, -0.25) is 4.79 Å². The number of carbonyl (C=O) groups excluding carboxylic acids is 1. The number of ether oxygens (including phenoxy) is 3. The summed E-state index contributed by atoms with van der Waals surface area (Å²) in [5, 5.41) is 0. The van der Waals surface area contributed by atoms with Crippen molar-refractivity contribution >= 4 is 17.7 Å². The highest BCUT2D eigenvalue weighted by Gasteiger charge is 2.13. The Morgan fingerprint density at radius 1 is 1.00 bits per heavy atom. The molecule has 0 fully saturated rings. The summed E-state index contributed by atoms with van der Waals surface area (Å²) in [6.07, 6.45) is 3.09. The molecule has 0 N–H and O–H groups in total. The number of halogens is 1. The molecule has 0 saturated carbocycles. The van der Waals surface area contributed by atoms with Gasteiger partial charge in [-0.1, -0.05) is 0 Å². The average Bonchev–Trinajstić information content (AvgIpc) is 2.67. The minimum absolute atomic E-state index is 0.226. The molecule has 0 atom stereocenters. The second kappa shape index (κ2) is 8.89. The zero-order valence-electron chi connectivity index (χ0n) is 15.3. The summed E-state index contributed by atoms with van der Waals surface area (Å²) >= 11 is 0. The first-order chi connectivity index (χ1) is 12.5. The molecule has 0 saturated heterocycles. The van der Waals surface area contributed by atoms with E-state index < -0.39 is 0 Å². The number of methoxy groups -OCH3 is 3. The first kappa shape index (κ1) is 19.3. The van der Waals surface area contributed by atoms with Gasteiger partial charge in [0, 0.05) is 29.9 Å². The summed E-state index contributed by atoms with van der Waals surface area (Å²) < 4.78 is 29.0. The Hall–Kier alpha value is -3.02. The zero-order chi connectivity index (χ0) is 19.1. The predicted molar refractivity (Wildman–Crippen MR) is 99.6 cm³/mol. The van der Waals surface area contributed by atoms with E-state index >= 15 is 0 Å². The molecule has 0 spiro atoms. The van der Waals surface area contributed by atoms with E-state index in [1.165, 1.54) is 39.5 Å². The molecule has 2 aromatic rings. The van der Waals surface area contributed by atoms with E-state index in [1.807, 2.05) is 6.92 Å². The van der Waals surface area contributed by atoms with Gasteiger partial charge in [0.15, 0.2) is 11.5 Å². The van der Waals surface area contributed by atoms with E-state index in [1.54, 1.807) is 35.2 Å². The first-order valence-corrected chi connectivity index (χ1v) is 8.09. The third kappa shape index (κ3) is 4.33. The van der Waals surface area contributed by atoms with Gasteiger partial charge < -0.3 is 19.1 Å². The molecule has 0 aliphatic carbocycles. The van der Waals surface area contributed by atoms with Crippen LogP contribution in [0.4, 0.5) is 10.1 Å². The van der Waals surface area contributed by atoms with E-state index in [2.05, 4.69) is 0 Å². The van der Waals surface area contributed by atoms with Crippen LogP contribution in [0, 0.1) is 5.82 Å². The van der Waals surface area contributed by atoms with Crippen LogP contribution in [0.3, 0.4) is 0 Å². The number of hydrogen-bond donors (Lipinski definition) is 0. The maximum absolute atomic E-state index is 13.1. The lowest BCUT2D eigenvalue weighted by Crippen LogP contribution is -2.28. The quantitative estimate of drug-likeness (QED) is 0.703. The lowest BCUT2D eigenvalue weighted by molar-refractivity contribution is -0.114. The molecule has 2 aromatic carbocycles. The van der Waals surface area contributed by atoms with E-state index in [0.29, 0.717) is 35.0 Å². The second-order valence-corrected chi connectivity index (χ2v) is 5.34. The number of likely N-dealkylation sites (N-methyl/N-ethyl adjacent to an activating group) is 1. The molecule has 138 valence electrons. The van der Waals surface area contributed by atoms with E-state index in [9.17, 15) is 9.18 Å². The number of anilines is 1. The van der Waals surface area contributed by atoms with Crippen LogP contribution < -0.4 is 19.1 Å². The standard InChI is InChI=1S/C20H22FNO4/c1-5-22(16-9-7-15(21)8-10-16)20(23)11-6-14-12-18(25-3)19(26-4)13-17(14)24-2/h6-13H,5H2,1-4H3/b11-6+. The number of rotatable bonds is 7. The van der Waals surface area contributed by atoms with Gasteiger partial charge >= 0.3 is 0 Å². The lowest BCUT2D eigenvalue weighted by Gasteiger charge is -2.19. The highest BCUT2D eigenvalue weighted by atomic mass is 19.1. The summed E-state index contributed by atoms with van der Waals surface area (Å²) in [7, 11) is 4.62. The van der Waals surface area contributed by atoms with Crippen molar-refractivity contribution in [1.82, 2.24) is 0 Å². The molecular weight excluding hydrogens is 337 g/mol. The van der Waals surface area contributed by atoms with Crippen molar-refractivity contribution in [3.8, 4) is 17.2 Å². The van der Waals surface area contributed by atoms with Crippen molar-refractivity contribution in [2.24, 2.45) is 0 Å². The van der Waals surface area contributed by atoms with Gasteiger partial charge in [0.05, 0.1) is 21.3 Å². The summed E-state index contributed by atoms with van der Waals surface area (Å²) in [6, 6.07) is 9.22. The fraction of sp³-hybridized carbons (Fsp3) is 0.250. The van der Waals surface area contributed by atoms with Crippen molar-refractivity contribution in [3.63, 3.8) is 0 Å². The van der Waals surface area contributed by atoms with Crippen molar-refractivity contribution in [2.45, 2.75) is 6.92 Å². The number of benzene rings is 2. The van der Waals surface area contributed by atoms with Gasteiger partial charge in [-0.2, -0.15) is 0 Å². The Morgan fingerprint density at radius 3 is 2.12 bits per heavy atom. The maximum atomic E-state index is 13.1. The summed E-state index contributed by atoms with van der Waals surface area (Å²) in [5.74, 6) is 1.05. The monoisotopic (exact) mass is 359 g/mol. The van der Waals surface area contributed by atoms with Crippen LogP contribution in [0.15, 0.2) is 42.5 Å². The lowest BCUT2D eigenvalue weighted by atomic mass is 10.1. The van der Waals surface area contributed by atoms with Crippen molar-refractivity contribution < 1.29 is 23.4 Å². The van der Waals surface area contributed by atoms with Gasteiger partial charge in [-0.25, -0.2) is 4.39 Å². The SMILES string of the molecule is CCN(C(=O)/C=C/c1cc(OC)c(OC)cc1OC)c1ccc(F)cc1. The third-order valence-corrected chi connectivity index (χ3v) is 3.86. The van der Waals surface area contributed by atoms with E-state index in [4.69, 9.17) is 14.2 Å². The second-order valence-electron chi connectivity index (χ2n) is 5.34. The summed E-state index contributed by atoms with van der Waals surface area (Å²) in [4.78, 5) is 14.1. The molecule has 0 radical (unpaired) electrons. The summed E-state index contributed by atoms with van der Waals surface area (Å²) in [5.41, 5.74) is 1.30. The van der Waals surface area contributed by atoms with Crippen LogP contribution >= 0.6 is 0 Å². The normalized spacial score (nSPS) is 10.7. The van der Waals surface area contributed by atoms with Crippen LogP contribution in [0.5, 0.6) is 17.2 Å². The van der Waals surface area contributed by atoms with Gasteiger partial charge in [-0.15, -0.1) is 0 Å². The fourth-order valence-corrected chi connectivity index (χ4v) is 2.52. The Kier molecular flexibility index (Phi) is 6.60. The van der Waals surface area contributed by atoms with Crippen LogP contribution in [0.25, 0.3) is 6.08 Å². The zero-order valence-corrected chi connectivity index (χ0v) is 15.3. The van der Waals surface area contributed by atoms with Crippen molar-refractivity contribution in [2.75, 3.05) is 32.8 Å². The highest BCUT2D eigenvalue weighted by Crippen LogP contribution is 2.35. The average molecular weight is 359 g/mol. The molecule has 0 unspecified atom stereocenters. The molecule has 26 heavy (non-hydrogen) atoms. The fourth-order valence-electron chi connectivity index (χ4n) is 2.52. The molecule has 1 amide bonds. The van der Waals surface area contributed by atoms with Gasteiger partial charge in [0.1, 0.15) is 11.6 Å². The van der Waals surface area contributed by atoms with Crippen LogP contribution in [0.1, 0.15) is 12.5 Å². The van der Waals surface area contributed by atoms with Crippen LogP contribution in [0.2, 0.25) is 0 Å². The van der Waals surface area contributed by atoms with E-state index in [-0.39, 0.29) is 11.7 Å². The molecule has 2 rings (SSSR count). The van der Waals surface area contributed by atoms with Gasteiger partial charge in [-0.05, 0) is 43.3 Å². The number of amides is 1. The van der Waals surface area contributed by atoms with Gasteiger partial charge in [0.2, 0.25) is 0 Å². The largest absolute Gasteiger partial charge is 0.496 e. The maximum Gasteiger partial charge on any atom is 0.250 e. The smallest absolute Gasteiger partial charge is 0.250 e. The minimum atomic E-state index is -0.345. The number of carbonyl (C=O) groups is 1. The molecule has 0 bridgehead atoms. The first-order valence-electron chi connectivity index (χ1n) is 8.09. The predicted octanol–water partition coefficient (Wildman–Crippen LogP) is 3.92. The highest BCUT2D eigenvalue weighted by molar-refractivity contribution is 6.04. The molecule has 0 aromatic heterocycles. The van der Waals surface area contributed by atoms with Gasteiger partial charge in [0.25, 0.3) is 5.91 Å².